The Morgan fingerprint density at radius 1 is 1.42 bits per heavy atom. The zero-order chi connectivity index (χ0) is 13.8. The van der Waals surface area contributed by atoms with Gasteiger partial charge < -0.3 is 5.11 Å². The van der Waals surface area contributed by atoms with E-state index in [0.717, 1.165) is 23.7 Å². The molecule has 2 aromatic rings. The van der Waals surface area contributed by atoms with Crippen LogP contribution in [0.5, 0.6) is 0 Å². The van der Waals surface area contributed by atoms with Crippen molar-refractivity contribution in [2.24, 2.45) is 5.92 Å². The second-order valence-corrected chi connectivity index (χ2v) is 6.08. The molecule has 0 spiro atoms. The monoisotopic (exact) mass is 279 g/mol. The minimum absolute atomic E-state index is 0.481. The summed E-state index contributed by atoms with van der Waals surface area (Å²) in [6.45, 7) is 7.25. The van der Waals surface area contributed by atoms with E-state index in [9.17, 15) is 5.11 Å². The topological polar surface area (TPSA) is 50.9 Å². The highest BCUT2D eigenvalue weighted by molar-refractivity contribution is 7.10. The SMILES string of the molecule is CCc1ccsc1C(O)Cc1ncnn1CC(C)C. The van der Waals surface area contributed by atoms with Gasteiger partial charge in [-0.05, 0) is 29.3 Å². The smallest absolute Gasteiger partial charge is 0.138 e. The maximum absolute atomic E-state index is 10.4. The molecule has 0 aliphatic carbocycles. The van der Waals surface area contributed by atoms with E-state index in [0.29, 0.717) is 12.3 Å². The van der Waals surface area contributed by atoms with Crippen molar-refractivity contribution in [1.82, 2.24) is 14.8 Å². The summed E-state index contributed by atoms with van der Waals surface area (Å²) in [5, 5.41) is 16.7. The molecule has 19 heavy (non-hydrogen) atoms. The Morgan fingerprint density at radius 3 is 2.89 bits per heavy atom. The quantitative estimate of drug-likeness (QED) is 0.884. The molecule has 1 unspecified atom stereocenters. The lowest BCUT2D eigenvalue weighted by atomic mass is 10.1. The highest BCUT2D eigenvalue weighted by atomic mass is 32.1. The lowest BCUT2D eigenvalue weighted by molar-refractivity contribution is 0.176. The van der Waals surface area contributed by atoms with E-state index in [1.807, 2.05) is 10.1 Å². The Balaban J connectivity index is 2.11. The molecule has 104 valence electrons. The molecule has 4 nitrogen and oxygen atoms in total. The lowest BCUT2D eigenvalue weighted by Gasteiger charge is -2.12. The van der Waals surface area contributed by atoms with Crippen LogP contribution in [0.2, 0.25) is 0 Å². The second-order valence-electron chi connectivity index (χ2n) is 5.14. The van der Waals surface area contributed by atoms with E-state index in [4.69, 9.17) is 0 Å². The van der Waals surface area contributed by atoms with Crippen molar-refractivity contribution < 1.29 is 5.11 Å². The maximum atomic E-state index is 10.4. The summed E-state index contributed by atoms with van der Waals surface area (Å²) >= 11 is 1.62. The molecule has 2 rings (SSSR count). The Bertz CT molecular complexity index is 518. The molecule has 2 aromatic heterocycles. The number of nitrogens with zero attached hydrogens (tertiary/aromatic N) is 3. The highest BCUT2D eigenvalue weighted by Crippen LogP contribution is 2.27. The van der Waals surface area contributed by atoms with Crippen molar-refractivity contribution in [3.05, 3.63) is 34.0 Å². The predicted octanol–water partition coefficient (Wildman–Crippen LogP) is 2.83. The molecular weight excluding hydrogens is 258 g/mol. The predicted molar refractivity (Wildman–Crippen MR) is 77.2 cm³/mol. The van der Waals surface area contributed by atoms with Crippen LogP contribution in [0.4, 0.5) is 0 Å². The summed E-state index contributed by atoms with van der Waals surface area (Å²) in [5.41, 5.74) is 1.23. The number of aliphatic hydroxyl groups excluding tert-OH is 1. The minimum Gasteiger partial charge on any atom is -0.387 e. The van der Waals surface area contributed by atoms with Crippen LogP contribution in [0.25, 0.3) is 0 Å². The van der Waals surface area contributed by atoms with Crippen molar-refractivity contribution in [1.29, 1.82) is 0 Å². The van der Waals surface area contributed by atoms with E-state index in [1.165, 1.54) is 5.56 Å². The zero-order valence-electron chi connectivity index (χ0n) is 11.7. The molecule has 1 N–H and O–H groups in total. The molecule has 0 aliphatic rings. The van der Waals surface area contributed by atoms with Crippen LogP contribution in [0.1, 0.15) is 43.1 Å². The van der Waals surface area contributed by atoms with Crippen LogP contribution in [0.3, 0.4) is 0 Å². The van der Waals surface area contributed by atoms with Crippen LogP contribution >= 0.6 is 11.3 Å². The standard InChI is InChI=1S/C14H21N3OS/c1-4-11-5-6-19-14(11)12(18)7-13-15-9-16-17(13)8-10(2)3/h5-6,9-10,12,18H,4,7-8H2,1-3H3. The van der Waals surface area contributed by atoms with Crippen molar-refractivity contribution in [2.45, 2.75) is 46.3 Å². The Labute approximate surface area is 118 Å². The molecule has 0 aliphatic heterocycles. The Hall–Kier alpha value is -1.20. The molecule has 2 heterocycles. The van der Waals surface area contributed by atoms with Gasteiger partial charge in [0, 0.05) is 17.8 Å². The summed E-state index contributed by atoms with van der Waals surface area (Å²) in [6, 6.07) is 2.09. The molecule has 0 saturated heterocycles. The fourth-order valence-electron chi connectivity index (χ4n) is 2.14. The number of aryl methyl sites for hydroxylation is 1. The van der Waals surface area contributed by atoms with Gasteiger partial charge in [0.1, 0.15) is 12.2 Å². The number of hydrogen-bond acceptors (Lipinski definition) is 4. The number of thiophene rings is 1. The lowest BCUT2D eigenvalue weighted by Crippen LogP contribution is -2.13. The normalized spacial score (nSPS) is 13.1. The Morgan fingerprint density at radius 2 is 2.21 bits per heavy atom. The van der Waals surface area contributed by atoms with Gasteiger partial charge in [0.2, 0.25) is 0 Å². The first-order valence-corrected chi connectivity index (χ1v) is 7.60. The van der Waals surface area contributed by atoms with Gasteiger partial charge in [-0.15, -0.1) is 11.3 Å². The zero-order valence-corrected chi connectivity index (χ0v) is 12.5. The van der Waals surface area contributed by atoms with E-state index < -0.39 is 6.10 Å². The summed E-state index contributed by atoms with van der Waals surface area (Å²) in [7, 11) is 0. The molecule has 0 fully saturated rings. The van der Waals surface area contributed by atoms with Gasteiger partial charge in [0.25, 0.3) is 0 Å². The third-order valence-electron chi connectivity index (χ3n) is 3.07. The molecule has 0 bridgehead atoms. The van der Waals surface area contributed by atoms with Crippen LogP contribution in [0.15, 0.2) is 17.8 Å². The highest BCUT2D eigenvalue weighted by Gasteiger charge is 2.17. The minimum atomic E-state index is -0.481. The molecule has 5 heteroatoms. The van der Waals surface area contributed by atoms with Gasteiger partial charge in [0.05, 0.1) is 6.10 Å². The fourth-order valence-corrected chi connectivity index (χ4v) is 3.13. The van der Waals surface area contributed by atoms with Gasteiger partial charge >= 0.3 is 0 Å². The second kappa shape index (κ2) is 6.30. The number of aromatic nitrogens is 3. The van der Waals surface area contributed by atoms with E-state index in [1.54, 1.807) is 17.7 Å². The molecule has 0 aromatic carbocycles. The summed E-state index contributed by atoms with van der Waals surface area (Å²) in [5.74, 6) is 1.38. The average molecular weight is 279 g/mol. The molecular formula is C14H21N3OS. The van der Waals surface area contributed by atoms with Crippen LogP contribution in [-0.4, -0.2) is 19.9 Å². The molecule has 0 amide bonds. The van der Waals surface area contributed by atoms with Gasteiger partial charge in [-0.1, -0.05) is 20.8 Å². The van der Waals surface area contributed by atoms with E-state index >= 15 is 0 Å². The average Bonchev–Trinajstić information content (AvgIpc) is 2.97. The van der Waals surface area contributed by atoms with Crippen molar-refractivity contribution in [3.8, 4) is 0 Å². The Kier molecular flexibility index (Phi) is 4.71. The summed E-state index contributed by atoms with van der Waals surface area (Å²) < 4.78 is 1.90. The summed E-state index contributed by atoms with van der Waals surface area (Å²) in [6.07, 6.45) is 2.57. The van der Waals surface area contributed by atoms with E-state index in [-0.39, 0.29) is 0 Å². The molecule has 0 saturated carbocycles. The van der Waals surface area contributed by atoms with Gasteiger partial charge in [-0.3, -0.25) is 0 Å². The summed E-state index contributed by atoms with van der Waals surface area (Å²) in [4.78, 5) is 5.33. The third-order valence-corrected chi connectivity index (χ3v) is 4.13. The first kappa shape index (κ1) is 14.2. The van der Waals surface area contributed by atoms with Crippen LogP contribution in [-0.2, 0) is 19.4 Å². The molecule has 0 radical (unpaired) electrons. The number of aliphatic hydroxyl groups is 1. The number of hydrogen-bond donors (Lipinski definition) is 1. The molecule has 1 atom stereocenters. The van der Waals surface area contributed by atoms with Crippen molar-refractivity contribution in [3.63, 3.8) is 0 Å². The third kappa shape index (κ3) is 3.42. The van der Waals surface area contributed by atoms with Crippen LogP contribution < -0.4 is 0 Å². The first-order valence-electron chi connectivity index (χ1n) is 6.72. The fraction of sp³-hybridized carbons (Fsp3) is 0.571. The van der Waals surface area contributed by atoms with Gasteiger partial charge in [-0.2, -0.15) is 5.10 Å². The van der Waals surface area contributed by atoms with Crippen molar-refractivity contribution >= 4 is 11.3 Å². The van der Waals surface area contributed by atoms with Crippen molar-refractivity contribution in [2.75, 3.05) is 0 Å². The maximum Gasteiger partial charge on any atom is 0.138 e. The van der Waals surface area contributed by atoms with E-state index in [2.05, 4.69) is 36.9 Å². The first-order chi connectivity index (χ1) is 9.11. The van der Waals surface area contributed by atoms with Gasteiger partial charge in [0.15, 0.2) is 0 Å². The van der Waals surface area contributed by atoms with Gasteiger partial charge in [-0.25, -0.2) is 9.67 Å². The largest absolute Gasteiger partial charge is 0.387 e. The van der Waals surface area contributed by atoms with Crippen LogP contribution in [0, 0.1) is 5.92 Å². The number of rotatable bonds is 6.